The highest BCUT2D eigenvalue weighted by atomic mass is 32.2. The number of halogens is 1. The van der Waals surface area contributed by atoms with Crippen LogP contribution in [-0.2, 0) is 11.8 Å². The summed E-state index contributed by atoms with van der Waals surface area (Å²) in [5.41, 5.74) is 1.05. The van der Waals surface area contributed by atoms with Gasteiger partial charge in [0.15, 0.2) is 11.0 Å². The number of amides is 1. The SMILES string of the molecule is COc1ccc(-c2nnc(SC(C)C(=O)Nc3ccccc3F)n2C)cc1. The highest BCUT2D eigenvalue weighted by molar-refractivity contribution is 8.00. The number of methoxy groups -OCH3 is 1. The van der Waals surface area contributed by atoms with E-state index in [-0.39, 0.29) is 11.6 Å². The molecule has 27 heavy (non-hydrogen) atoms. The lowest BCUT2D eigenvalue weighted by Gasteiger charge is -2.12. The van der Waals surface area contributed by atoms with Crippen LogP contribution in [0.15, 0.2) is 53.7 Å². The number of aromatic nitrogens is 3. The second-order valence-electron chi connectivity index (χ2n) is 5.82. The number of para-hydroxylation sites is 1. The Balaban J connectivity index is 1.71. The lowest BCUT2D eigenvalue weighted by molar-refractivity contribution is -0.115. The third-order valence-electron chi connectivity index (χ3n) is 3.97. The van der Waals surface area contributed by atoms with Crippen molar-refractivity contribution in [2.75, 3.05) is 12.4 Å². The minimum absolute atomic E-state index is 0.159. The van der Waals surface area contributed by atoms with Crippen LogP contribution in [0.3, 0.4) is 0 Å². The quantitative estimate of drug-likeness (QED) is 0.654. The van der Waals surface area contributed by atoms with E-state index in [4.69, 9.17) is 4.74 Å². The summed E-state index contributed by atoms with van der Waals surface area (Å²) in [5.74, 6) is 0.665. The van der Waals surface area contributed by atoms with Crippen molar-refractivity contribution in [3.63, 3.8) is 0 Å². The van der Waals surface area contributed by atoms with Gasteiger partial charge in [0.1, 0.15) is 11.6 Å². The average Bonchev–Trinajstić information content (AvgIpc) is 3.04. The summed E-state index contributed by atoms with van der Waals surface area (Å²) in [7, 11) is 3.45. The van der Waals surface area contributed by atoms with Crippen LogP contribution in [0.1, 0.15) is 6.92 Å². The van der Waals surface area contributed by atoms with Gasteiger partial charge in [-0.1, -0.05) is 23.9 Å². The Morgan fingerprint density at radius 2 is 1.89 bits per heavy atom. The number of nitrogens with zero attached hydrogens (tertiary/aromatic N) is 3. The molecular formula is C19H19FN4O2S. The fraction of sp³-hybridized carbons (Fsp3) is 0.211. The molecule has 140 valence electrons. The molecule has 3 aromatic rings. The molecule has 1 aromatic heterocycles. The van der Waals surface area contributed by atoms with E-state index >= 15 is 0 Å². The predicted molar refractivity (Wildman–Crippen MR) is 103 cm³/mol. The average molecular weight is 386 g/mol. The van der Waals surface area contributed by atoms with Crippen LogP contribution < -0.4 is 10.1 Å². The van der Waals surface area contributed by atoms with Gasteiger partial charge in [0.2, 0.25) is 5.91 Å². The van der Waals surface area contributed by atoms with Crippen molar-refractivity contribution in [2.24, 2.45) is 7.05 Å². The third-order valence-corrected chi connectivity index (χ3v) is 5.10. The number of thioether (sulfide) groups is 1. The van der Waals surface area contributed by atoms with E-state index in [1.807, 2.05) is 35.9 Å². The molecule has 1 amide bonds. The van der Waals surface area contributed by atoms with E-state index in [0.29, 0.717) is 11.0 Å². The molecule has 0 aliphatic heterocycles. The Morgan fingerprint density at radius 3 is 2.56 bits per heavy atom. The summed E-state index contributed by atoms with van der Waals surface area (Å²) in [6, 6.07) is 13.6. The molecule has 6 nitrogen and oxygen atoms in total. The van der Waals surface area contributed by atoms with Crippen molar-refractivity contribution in [3.8, 4) is 17.1 Å². The van der Waals surface area contributed by atoms with Crippen molar-refractivity contribution in [1.82, 2.24) is 14.8 Å². The zero-order chi connectivity index (χ0) is 19.4. The molecule has 0 spiro atoms. The molecule has 8 heteroatoms. The van der Waals surface area contributed by atoms with Crippen LogP contribution in [0, 0.1) is 5.82 Å². The number of anilines is 1. The summed E-state index contributed by atoms with van der Waals surface area (Å²) >= 11 is 1.26. The molecule has 0 bridgehead atoms. The molecule has 0 aliphatic carbocycles. The van der Waals surface area contributed by atoms with E-state index in [0.717, 1.165) is 11.3 Å². The number of nitrogens with one attached hydrogen (secondary N) is 1. The van der Waals surface area contributed by atoms with Gasteiger partial charge in [-0.2, -0.15) is 0 Å². The Morgan fingerprint density at radius 1 is 1.19 bits per heavy atom. The maximum atomic E-state index is 13.7. The first-order valence-corrected chi connectivity index (χ1v) is 9.13. The summed E-state index contributed by atoms with van der Waals surface area (Å²) in [4.78, 5) is 12.4. The smallest absolute Gasteiger partial charge is 0.237 e. The van der Waals surface area contributed by atoms with Gasteiger partial charge in [0.25, 0.3) is 0 Å². The fourth-order valence-electron chi connectivity index (χ4n) is 2.42. The maximum Gasteiger partial charge on any atom is 0.237 e. The van der Waals surface area contributed by atoms with Gasteiger partial charge in [-0.25, -0.2) is 4.39 Å². The summed E-state index contributed by atoms with van der Waals surface area (Å²) < 4.78 is 20.7. The Kier molecular flexibility index (Phi) is 5.75. The number of benzene rings is 2. The van der Waals surface area contributed by atoms with Crippen molar-refractivity contribution in [2.45, 2.75) is 17.3 Å². The van der Waals surface area contributed by atoms with E-state index in [1.54, 1.807) is 26.2 Å². The normalized spacial score (nSPS) is 11.9. The fourth-order valence-corrected chi connectivity index (χ4v) is 3.23. The molecule has 3 rings (SSSR count). The van der Waals surface area contributed by atoms with Crippen molar-refractivity contribution in [1.29, 1.82) is 0 Å². The number of rotatable bonds is 6. The van der Waals surface area contributed by atoms with E-state index in [1.165, 1.54) is 23.9 Å². The number of carbonyl (C=O) groups is 1. The number of carbonyl (C=O) groups excluding carboxylic acids is 1. The van der Waals surface area contributed by atoms with Gasteiger partial charge in [-0.3, -0.25) is 4.79 Å². The highest BCUT2D eigenvalue weighted by Crippen LogP contribution is 2.27. The lowest BCUT2D eigenvalue weighted by Crippen LogP contribution is -2.23. The first kappa shape index (κ1) is 18.9. The molecule has 0 saturated heterocycles. The monoisotopic (exact) mass is 386 g/mol. The topological polar surface area (TPSA) is 69.0 Å². The van der Waals surface area contributed by atoms with Gasteiger partial charge < -0.3 is 14.6 Å². The zero-order valence-corrected chi connectivity index (χ0v) is 16.0. The molecule has 1 atom stereocenters. The van der Waals surface area contributed by atoms with E-state index in [2.05, 4.69) is 15.5 Å². The minimum atomic E-state index is -0.476. The molecule has 0 radical (unpaired) electrons. The Bertz CT molecular complexity index is 943. The maximum absolute atomic E-state index is 13.7. The summed E-state index contributed by atoms with van der Waals surface area (Å²) in [6.45, 7) is 1.74. The van der Waals surface area contributed by atoms with E-state index < -0.39 is 11.1 Å². The number of hydrogen-bond acceptors (Lipinski definition) is 5. The van der Waals surface area contributed by atoms with Crippen molar-refractivity contribution in [3.05, 3.63) is 54.3 Å². The number of hydrogen-bond donors (Lipinski definition) is 1. The first-order chi connectivity index (χ1) is 13.0. The van der Waals surface area contributed by atoms with Gasteiger partial charge in [0.05, 0.1) is 18.0 Å². The molecular weight excluding hydrogens is 367 g/mol. The molecule has 0 fully saturated rings. The van der Waals surface area contributed by atoms with Gasteiger partial charge in [-0.05, 0) is 43.3 Å². The van der Waals surface area contributed by atoms with E-state index in [9.17, 15) is 9.18 Å². The second-order valence-corrected chi connectivity index (χ2v) is 7.13. The van der Waals surface area contributed by atoms with Crippen LogP contribution in [0.5, 0.6) is 5.75 Å². The molecule has 1 N–H and O–H groups in total. The minimum Gasteiger partial charge on any atom is -0.497 e. The molecule has 2 aromatic carbocycles. The van der Waals surface area contributed by atoms with Crippen LogP contribution in [-0.4, -0.2) is 33.0 Å². The van der Waals surface area contributed by atoms with Crippen LogP contribution in [0.2, 0.25) is 0 Å². The molecule has 0 saturated carbocycles. The summed E-state index contributed by atoms with van der Waals surface area (Å²) in [5, 5.41) is 11.1. The van der Waals surface area contributed by atoms with Gasteiger partial charge >= 0.3 is 0 Å². The lowest BCUT2D eigenvalue weighted by atomic mass is 10.2. The largest absolute Gasteiger partial charge is 0.497 e. The van der Waals surface area contributed by atoms with Crippen LogP contribution >= 0.6 is 11.8 Å². The third kappa shape index (κ3) is 4.28. The van der Waals surface area contributed by atoms with Gasteiger partial charge in [-0.15, -0.1) is 10.2 Å². The standard InChI is InChI=1S/C19H19FN4O2S/c1-12(18(25)21-16-7-5-4-6-15(16)20)27-19-23-22-17(24(19)2)13-8-10-14(26-3)11-9-13/h4-12H,1-3H3,(H,21,25). The van der Waals surface area contributed by atoms with Crippen LogP contribution in [0.4, 0.5) is 10.1 Å². The zero-order valence-electron chi connectivity index (χ0n) is 15.1. The van der Waals surface area contributed by atoms with Crippen molar-refractivity contribution < 1.29 is 13.9 Å². The Hall–Kier alpha value is -2.87. The van der Waals surface area contributed by atoms with Crippen molar-refractivity contribution >= 4 is 23.4 Å². The highest BCUT2D eigenvalue weighted by Gasteiger charge is 2.20. The Labute approximate surface area is 160 Å². The number of ether oxygens (including phenoxy) is 1. The summed E-state index contributed by atoms with van der Waals surface area (Å²) in [6.07, 6.45) is 0. The first-order valence-electron chi connectivity index (χ1n) is 8.25. The van der Waals surface area contributed by atoms with Gasteiger partial charge in [0, 0.05) is 12.6 Å². The molecule has 1 heterocycles. The van der Waals surface area contributed by atoms with Crippen LogP contribution in [0.25, 0.3) is 11.4 Å². The predicted octanol–water partition coefficient (Wildman–Crippen LogP) is 3.75. The molecule has 1 unspecified atom stereocenters. The second kappa shape index (κ2) is 8.22. The molecule has 0 aliphatic rings.